The summed E-state index contributed by atoms with van der Waals surface area (Å²) >= 11 is 12.7. The minimum atomic E-state index is 0.0232. The van der Waals surface area contributed by atoms with Crippen molar-refractivity contribution in [3.05, 3.63) is 76.2 Å². The summed E-state index contributed by atoms with van der Waals surface area (Å²) in [7, 11) is 1.70. The van der Waals surface area contributed by atoms with Crippen molar-refractivity contribution in [1.82, 2.24) is 14.4 Å². The van der Waals surface area contributed by atoms with Gasteiger partial charge in [-0.1, -0.05) is 35.3 Å². The van der Waals surface area contributed by atoms with Gasteiger partial charge in [0.1, 0.15) is 17.1 Å². The van der Waals surface area contributed by atoms with E-state index in [4.69, 9.17) is 38.7 Å². The fourth-order valence-corrected chi connectivity index (χ4v) is 6.04. The molecule has 2 N–H and O–H groups in total. The third-order valence-corrected chi connectivity index (χ3v) is 8.40. The Labute approximate surface area is 208 Å². The number of anilines is 1. The molecule has 1 atom stereocenters. The van der Waals surface area contributed by atoms with Crippen molar-refractivity contribution >= 4 is 34.5 Å². The maximum absolute atomic E-state index is 6.82. The number of aromatic nitrogens is 3. The van der Waals surface area contributed by atoms with E-state index >= 15 is 0 Å². The molecule has 6 nitrogen and oxygen atoms in total. The standard InChI is InChI=1S/C26H25Cl2N5O/c1-34-17-6-5-16-14-26(23(29)19(16)13-17)7-10-32(11-8-26)25-21-15-31-24(33(21)12-9-30-25)18-3-2-4-20(27)22(18)28/h2-6,9,12-13,15,23H,7-8,10-11,14,29H2,1H3. The highest BCUT2D eigenvalue weighted by atomic mass is 35.5. The number of benzene rings is 2. The van der Waals surface area contributed by atoms with E-state index in [0.29, 0.717) is 10.0 Å². The zero-order valence-corrected chi connectivity index (χ0v) is 20.4. The molecular weight excluding hydrogens is 469 g/mol. The Morgan fingerprint density at radius 3 is 2.74 bits per heavy atom. The summed E-state index contributed by atoms with van der Waals surface area (Å²) in [5, 5.41) is 1.01. The third-order valence-electron chi connectivity index (χ3n) is 7.58. The molecule has 174 valence electrons. The largest absolute Gasteiger partial charge is 0.497 e. The molecule has 2 aliphatic rings. The van der Waals surface area contributed by atoms with Crippen LogP contribution in [0.2, 0.25) is 10.0 Å². The lowest BCUT2D eigenvalue weighted by atomic mass is 9.73. The Morgan fingerprint density at radius 1 is 1.12 bits per heavy atom. The number of hydrogen-bond donors (Lipinski definition) is 1. The second kappa shape index (κ2) is 8.15. The maximum Gasteiger partial charge on any atom is 0.154 e. The number of nitrogens with two attached hydrogens (primary N) is 1. The van der Waals surface area contributed by atoms with Crippen LogP contribution in [-0.4, -0.2) is 34.6 Å². The summed E-state index contributed by atoms with van der Waals surface area (Å²) in [5.41, 5.74) is 11.2. The molecule has 3 heterocycles. The SMILES string of the molecule is COc1ccc2c(c1)C(N)C1(CCN(c3nccn4c(-c5cccc(Cl)c5Cl)ncc34)CC1)C2. The highest BCUT2D eigenvalue weighted by Crippen LogP contribution is 2.51. The van der Waals surface area contributed by atoms with Gasteiger partial charge in [0.25, 0.3) is 0 Å². The first-order chi connectivity index (χ1) is 16.5. The molecule has 2 aromatic carbocycles. The molecule has 0 amide bonds. The van der Waals surface area contributed by atoms with Crippen molar-refractivity contribution in [1.29, 1.82) is 0 Å². The van der Waals surface area contributed by atoms with E-state index < -0.39 is 0 Å². The van der Waals surface area contributed by atoms with Gasteiger partial charge in [0.2, 0.25) is 0 Å². The molecule has 0 radical (unpaired) electrons. The lowest BCUT2D eigenvalue weighted by Gasteiger charge is -2.42. The fraction of sp³-hybridized carbons (Fsp3) is 0.308. The lowest BCUT2D eigenvalue weighted by molar-refractivity contribution is 0.187. The first-order valence-electron chi connectivity index (χ1n) is 11.4. The predicted octanol–water partition coefficient (Wildman–Crippen LogP) is 5.55. The van der Waals surface area contributed by atoms with Crippen molar-refractivity contribution in [2.75, 3.05) is 25.1 Å². The van der Waals surface area contributed by atoms with Crippen LogP contribution >= 0.6 is 23.2 Å². The molecule has 1 unspecified atom stereocenters. The van der Waals surface area contributed by atoms with Crippen LogP contribution in [0.15, 0.2) is 55.0 Å². The van der Waals surface area contributed by atoms with Gasteiger partial charge in [0.15, 0.2) is 5.82 Å². The van der Waals surface area contributed by atoms with Gasteiger partial charge in [-0.25, -0.2) is 9.97 Å². The van der Waals surface area contributed by atoms with Gasteiger partial charge in [-0.05, 0) is 60.1 Å². The van der Waals surface area contributed by atoms with Crippen molar-refractivity contribution in [2.24, 2.45) is 11.1 Å². The highest BCUT2D eigenvalue weighted by molar-refractivity contribution is 6.43. The second-order valence-corrected chi connectivity index (χ2v) is 10.0. The first-order valence-corrected chi connectivity index (χ1v) is 12.2. The normalized spacial score (nSPS) is 19.1. The van der Waals surface area contributed by atoms with Crippen LogP contribution in [-0.2, 0) is 6.42 Å². The molecule has 4 aromatic rings. The number of piperidine rings is 1. The van der Waals surface area contributed by atoms with E-state index in [0.717, 1.165) is 60.8 Å². The second-order valence-electron chi connectivity index (χ2n) is 9.26. The summed E-state index contributed by atoms with van der Waals surface area (Å²) in [4.78, 5) is 11.8. The number of methoxy groups -OCH3 is 1. The number of ether oxygens (including phenoxy) is 1. The number of hydrogen-bond acceptors (Lipinski definition) is 5. The lowest BCUT2D eigenvalue weighted by Crippen LogP contribution is -2.44. The zero-order chi connectivity index (χ0) is 23.4. The van der Waals surface area contributed by atoms with Gasteiger partial charge in [-0.2, -0.15) is 0 Å². The molecule has 2 aromatic heterocycles. The maximum atomic E-state index is 6.82. The number of rotatable bonds is 3. The van der Waals surface area contributed by atoms with Crippen LogP contribution in [0.3, 0.4) is 0 Å². The summed E-state index contributed by atoms with van der Waals surface area (Å²) in [6, 6.07) is 11.9. The molecule has 8 heteroatoms. The summed E-state index contributed by atoms with van der Waals surface area (Å²) in [6.45, 7) is 1.79. The van der Waals surface area contributed by atoms with E-state index in [1.165, 1.54) is 11.1 Å². The van der Waals surface area contributed by atoms with Crippen LogP contribution in [0.25, 0.3) is 16.9 Å². The minimum Gasteiger partial charge on any atom is -0.497 e. The minimum absolute atomic E-state index is 0.0232. The Morgan fingerprint density at radius 2 is 1.94 bits per heavy atom. The van der Waals surface area contributed by atoms with Crippen LogP contribution in [0.5, 0.6) is 5.75 Å². The number of nitrogens with zero attached hydrogens (tertiary/aromatic N) is 4. The highest BCUT2D eigenvalue weighted by Gasteiger charge is 2.46. The Hall–Kier alpha value is -2.80. The quantitative estimate of drug-likeness (QED) is 0.404. The average Bonchev–Trinajstić information content (AvgIpc) is 3.40. The molecule has 6 rings (SSSR count). The van der Waals surface area contributed by atoms with Crippen LogP contribution in [0.1, 0.15) is 30.0 Å². The summed E-state index contributed by atoms with van der Waals surface area (Å²) in [5.74, 6) is 2.55. The van der Waals surface area contributed by atoms with Gasteiger partial charge in [-0.15, -0.1) is 0 Å². The van der Waals surface area contributed by atoms with Crippen molar-refractivity contribution < 1.29 is 4.74 Å². The van der Waals surface area contributed by atoms with Gasteiger partial charge < -0.3 is 15.4 Å². The average molecular weight is 494 g/mol. The molecular formula is C26H25Cl2N5O. The van der Waals surface area contributed by atoms with Crippen LogP contribution in [0.4, 0.5) is 5.82 Å². The van der Waals surface area contributed by atoms with Crippen molar-refractivity contribution in [3.8, 4) is 17.1 Å². The van der Waals surface area contributed by atoms with E-state index in [9.17, 15) is 0 Å². The Balaban J connectivity index is 1.28. The zero-order valence-electron chi connectivity index (χ0n) is 18.8. The predicted molar refractivity (Wildman–Crippen MR) is 136 cm³/mol. The smallest absolute Gasteiger partial charge is 0.154 e. The van der Waals surface area contributed by atoms with Crippen LogP contribution < -0.4 is 15.4 Å². The molecule has 0 bridgehead atoms. The van der Waals surface area contributed by atoms with E-state index in [1.807, 2.05) is 41.2 Å². The molecule has 1 fully saturated rings. The Bertz CT molecular complexity index is 1390. The van der Waals surface area contributed by atoms with Gasteiger partial charge in [0, 0.05) is 37.1 Å². The molecule has 1 saturated heterocycles. The molecule has 34 heavy (non-hydrogen) atoms. The monoisotopic (exact) mass is 493 g/mol. The molecule has 1 aliphatic carbocycles. The molecule has 0 saturated carbocycles. The van der Waals surface area contributed by atoms with Crippen LogP contribution in [0, 0.1) is 5.41 Å². The third kappa shape index (κ3) is 3.28. The summed E-state index contributed by atoms with van der Waals surface area (Å²) < 4.78 is 7.47. The number of imidazole rings is 1. The molecule has 1 spiro atoms. The van der Waals surface area contributed by atoms with E-state index in [-0.39, 0.29) is 11.5 Å². The first kappa shape index (κ1) is 21.7. The van der Waals surface area contributed by atoms with Crippen molar-refractivity contribution in [3.63, 3.8) is 0 Å². The Kier molecular flexibility index (Phi) is 5.21. The van der Waals surface area contributed by atoms with Gasteiger partial charge >= 0.3 is 0 Å². The number of halogens is 2. The number of fused-ring (bicyclic) bond motifs is 2. The fourth-order valence-electron chi connectivity index (χ4n) is 5.65. The summed E-state index contributed by atoms with van der Waals surface area (Å²) in [6.07, 6.45) is 8.64. The van der Waals surface area contributed by atoms with E-state index in [1.54, 1.807) is 13.2 Å². The molecule has 1 aliphatic heterocycles. The van der Waals surface area contributed by atoms with Crippen molar-refractivity contribution in [2.45, 2.75) is 25.3 Å². The van der Waals surface area contributed by atoms with E-state index in [2.05, 4.69) is 22.0 Å². The topological polar surface area (TPSA) is 68.7 Å². The van der Waals surface area contributed by atoms with Gasteiger partial charge in [0.05, 0.1) is 23.4 Å². The van der Waals surface area contributed by atoms with Gasteiger partial charge in [-0.3, -0.25) is 4.40 Å².